The lowest BCUT2D eigenvalue weighted by atomic mass is 10.2. The molecule has 0 aromatic rings. The second-order valence-electron chi connectivity index (χ2n) is 4.26. The molecule has 0 heterocycles. The van der Waals surface area contributed by atoms with Crippen molar-refractivity contribution in [1.82, 2.24) is 0 Å². The molecule has 0 bridgehead atoms. The highest BCUT2D eigenvalue weighted by Gasteiger charge is 2.39. The van der Waals surface area contributed by atoms with Crippen LogP contribution < -0.4 is 17.0 Å². The SMILES string of the molecule is C=C(C[N+](C)(C)C1CC1)C(=O)OC.[Br-]. The zero-order chi connectivity index (χ0) is 10.1. The number of esters is 1. The normalized spacial score (nSPS) is 15.6. The van der Waals surface area contributed by atoms with Crippen molar-refractivity contribution < 1.29 is 31.0 Å². The highest BCUT2D eigenvalue weighted by Crippen LogP contribution is 2.31. The van der Waals surface area contributed by atoms with E-state index >= 15 is 0 Å². The number of halogens is 1. The van der Waals surface area contributed by atoms with Crippen LogP contribution in [0.2, 0.25) is 0 Å². The molecule has 0 spiro atoms. The van der Waals surface area contributed by atoms with Gasteiger partial charge in [-0.2, -0.15) is 0 Å². The largest absolute Gasteiger partial charge is 1.00 e. The van der Waals surface area contributed by atoms with Gasteiger partial charge in [0.1, 0.15) is 6.54 Å². The van der Waals surface area contributed by atoms with Crippen LogP contribution in [-0.2, 0) is 9.53 Å². The fourth-order valence-corrected chi connectivity index (χ4v) is 1.60. The molecule has 82 valence electrons. The Morgan fingerprint density at radius 1 is 1.50 bits per heavy atom. The number of rotatable bonds is 4. The van der Waals surface area contributed by atoms with Gasteiger partial charge in [0, 0.05) is 12.8 Å². The molecular weight excluding hydrogens is 246 g/mol. The van der Waals surface area contributed by atoms with E-state index in [1.165, 1.54) is 20.0 Å². The third-order valence-electron chi connectivity index (χ3n) is 2.61. The number of likely N-dealkylation sites (N-methyl/N-ethyl adjacent to an activating group) is 1. The summed E-state index contributed by atoms with van der Waals surface area (Å²) in [5.41, 5.74) is 0.569. The molecule has 1 rings (SSSR count). The Morgan fingerprint density at radius 2 is 2.00 bits per heavy atom. The lowest BCUT2D eigenvalue weighted by Gasteiger charge is -2.29. The molecule has 3 nitrogen and oxygen atoms in total. The van der Waals surface area contributed by atoms with Crippen molar-refractivity contribution in [2.24, 2.45) is 0 Å². The van der Waals surface area contributed by atoms with Crippen LogP contribution in [0.25, 0.3) is 0 Å². The number of carbonyl (C=O) groups excluding carboxylic acids is 1. The van der Waals surface area contributed by atoms with E-state index in [1.54, 1.807) is 0 Å². The van der Waals surface area contributed by atoms with E-state index < -0.39 is 0 Å². The topological polar surface area (TPSA) is 26.3 Å². The third-order valence-corrected chi connectivity index (χ3v) is 2.61. The van der Waals surface area contributed by atoms with Gasteiger partial charge in [-0.15, -0.1) is 0 Å². The van der Waals surface area contributed by atoms with Crippen molar-refractivity contribution in [3.8, 4) is 0 Å². The van der Waals surface area contributed by atoms with E-state index in [1.807, 2.05) is 0 Å². The van der Waals surface area contributed by atoms with E-state index in [4.69, 9.17) is 0 Å². The first-order valence-corrected chi connectivity index (χ1v) is 4.56. The van der Waals surface area contributed by atoms with E-state index in [0.29, 0.717) is 18.2 Å². The molecule has 0 amide bonds. The predicted molar refractivity (Wildman–Crippen MR) is 51.2 cm³/mol. The number of hydrogen-bond donors (Lipinski definition) is 0. The molecule has 0 N–H and O–H groups in total. The number of quaternary nitrogens is 1. The lowest BCUT2D eigenvalue weighted by molar-refractivity contribution is -0.896. The smallest absolute Gasteiger partial charge is 0.338 e. The fraction of sp³-hybridized carbons (Fsp3) is 0.700. The summed E-state index contributed by atoms with van der Waals surface area (Å²) in [5, 5.41) is 0. The average molecular weight is 264 g/mol. The zero-order valence-corrected chi connectivity index (χ0v) is 10.6. The second-order valence-corrected chi connectivity index (χ2v) is 4.26. The van der Waals surface area contributed by atoms with Gasteiger partial charge < -0.3 is 26.2 Å². The Labute approximate surface area is 96.1 Å². The summed E-state index contributed by atoms with van der Waals surface area (Å²) < 4.78 is 5.46. The molecule has 0 aromatic carbocycles. The van der Waals surface area contributed by atoms with Crippen molar-refractivity contribution in [3.63, 3.8) is 0 Å². The Kier molecular flexibility index (Phi) is 4.81. The molecule has 1 saturated carbocycles. The average Bonchev–Trinajstić information content (AvgIpc) is 2.84. The number of nitrogens with zero attached hydrogens (tertiary/aromatic N) is 1. The van der Waals surface area contributed by atoms with Crippen molar-refractivity contribution >= 4 is 5.97 Å². The van der Waals surface area contributed by atoms with Crippen molar-refractivity contribution in [3.05, 3.63) is 12.2 Å². The molecule has 4 heteroatoms. The first kappa shape index (κ1) is 13.7. The number of carbonyl (C=O) groups is 1. The van der Waals surface area contributed by atoms with Crippen molar-refractivity contribution in [1.29, 1.82) is 0 Å². The van der Waals surface area contributed by atoms with Gasteiger partial charge in [-0.1, -0.05) is 6.58 Å². The maximum Gasteiger partial charge on any atom is 0.338 e. The Hall–Kier alpha value is -0.350. The predicted octanol–water partition coefficient (Wildman–Crippen LogP) is -2.04. The maximum absolute atomic E-state index is 11.1. The minimum absolute atomic E-state index is 0. The molecule has 0 atom stereocenters. The summed E-state index contributed by atoms with van der Waals surface area (Å²) in [5.74, 6) is -0.285. The maximum atomic E-state index is 11.1. The summed E-state index contributed by atoms with van der Waals surface area (Å²) in [6.45, 7) is 4.42. The van der Waals surface area contributed by atoms with Crippen molar-refractivity contribution in [2.45, 2.75) is 18.9 Å². The van der Waals surface area contributed by atoms with Gasteiger partial charge in [0.05, 0.1) is 32.8 Å². The Morgan fingerprint density at radius 3 is 2.36 bits per heavy atom. The lowest BCUT2D eigenvalue weighted by Crippen LogP contribution is -3.00. The molecule has 0 unspecified atom stereocenters. The van der Waals surface area contributed by atoms with Gasteiger partial charge in [-0.05, 0) is 0 Å². The van der Waals surface area contributed by atoms with Gasteiger partial charge in [0.15, 0.2) is 0 Å². The monoisotopic (exact) mass is 263 g/mol. The number of ether oxygens (including phenoxy) is 1. The first-order valence-electron chi connectivity index (χ1n) is 4.56. The molecule has 1 aliphatic rings. The minimum Gasteiger partial charge on any atom is -1.00 e. The van der Waals surface area contributed by atoms with Crippen LogP contribution in [0.4, 0.5) is 0 Å². The summed E-state index contributed by atoms with van der Waals surface area (Å²) in [7, 11) is 5.65. The van der Waals surface area contributed by atoms with Crippen LogP contribution in [0.3, 0.4) is 0 Å². The van der Waals surface area contributed by atoms with Crippen LogP contribution in [0.1, 0.15) is 12.8 Å². The molecule has 0 radical (unpaired) electrons. The minimum atomic E-state index is -0.285. The zero-order valence-electron chi connectivity index (χ0n) is 9.05. The van der Waals surface area contributed by atoms with Gasteiger partial charge in [0.25, 0.3) is 0 Å². The van der Waals surface area contributed by atoms with Crippen LogP contribution in [0.5, 0.6) is 0 Å². The highest BCUT2D eigenvalue weighted by atomic mass is 79.9. The summed E-state index contributed by atoms with van der Waals surface area (Å²) in [6, 6.07) is 0.710. The second kappa shape index (κ2) is 4.94. The quantitative estimate of drug-likeness (QED) is 0.332. The summed E-state index contributed by atoms with van der Waals surface area (Å²) in [6.07, 6.45) is 2.53. The summed E-state index contributed by atoms with van der Waals surface area (Å²) >= 11 is 0. The highest BCUT2D eigenvalue weighted by molar-refractivity contribution is 5.87. The van der Waals surface area contributed by atoms with E-state index in [9.17, 15) is 4.79 Å². The number of methoxy groups -OCH3 is 1. The molecule has 1 aliphatic carbocycles. The molecule has 14 heavy (non-hydrogen) atoms. The third kappa shape index (κ3) is 3.42. The standard InChI is InChI=1S/C10H18NO2.BrH/c1-8(10(12)13-4)7-11(2,3)9-5-6-9;/h9H,1,5-7H2,2-4H3;1H/q+1;/p-1. The van der Waals surface area contributed by atoms with E-state index in [2.05, 4.69) is 25.4 Å². The Balaban J connectivity index is 0.00000169. The molecule has 0 aliphatic heterocycles. The molecular formula is C10H18BrNO2. The first-order chi connectivity index (χ1) is 5.97. The van der Waals surface area contributed by atoms with Crippen LogP contribution >= 0.6 is 0 Å². The van der Waals surface area contributed by atoms with Crippen LogP contribution in [-0.4, -0.2) is 44.2 Å². The fourth-order valence-electron chi connectivity index (χ4n) is 1.60. The summed E-state index contributed by atoms with van der Waals surface area (Å²) in [4.78, 5) is 11.1. The van der Waals surface area contributed by atoms with Gasteiger partial charge >= 0.3 is 5.97 Å². The Bertz CT molecular complexity index is 234. The van der Waals surface area contributed by atoms with Gasteiger partial charge in [0.2, 0.25) is 0 Å². The van der Waals surface area contributed by atoms with Crippen molar-refractivity contribution in [2.75, 3.05) is 27.7 Å². The van der Waals surface area contributed by atoms with Gasteiger partial charge in [-0.3, -0.25) is 0 Å². The number of hydrogen-bond acceptors (Lipinski definition) is 2. The van der Waals surface area contributed by atoms with Crippen LogP contribution in [0.15, 0.2) is 12.2 Å². The molecule has 0 aromatic heterocycles. The van der Waals surface area contributed by atoms with Gasteiger partial charge in [-0.25, -0.2) is 4.79 Å². The molecule has 1 fully saturated rings. The molecule has 0 saturated heterocycles. The van der Waals surface area contributed by atoms with E-state index in [0.717, 1.165) is 4.48 Å². The van der Waals surface area contributed by atoms with E-state index in [-0.39, 0.29) is 23.0 Å². The van der Waals surface area contributed by atoms with Crippen LogP contribution in [0, 0.1) is 0 Å².